The molecule has 0 aromatic heterocycles. The third-order valence-electron chi connectivity index (χ3n) is 1.31. The minimum absolute atomic E-state index is 0.292. The summed E-state index contributed by atoms with van der Waals surface area (Å²) in [6.07, 6.45) is 1.81. The summed E-state index contributed by atoms with van der Waals surface area (Å²) in [6.45, 7) is 0.957. The Morgan fingerprint density at radius 3 is 2.10 bits per heavy atom. The van der Waals surface area contributed by atoms with Crippen LogP contribution in [0.25, 0.3) is 0 Å². The summed E-state index contributed by atoms with van der Waals surface area (Å²) in [6, 6.07) is 0. The second kappa shape index (κ2) is 5.10. The molecule has 0 spiro atoms. The highest BCUT2D eigenvalue weighted by molar-refractivity contribution is 7.51. The van der Waals surface area contributed by atoms with Crippen molar-refractivity contribution < 1.29 is 13.2 Å². The summed E-state index contributed by atoms with van der Waals surface area (Å²) in [7, 11) is 1.84. The first-order valence-electron chi connectivity index (χ1n) is 2.88. The van der Waals surface area contributed by atoms with Gasteiger partial charge in [0.05, 0.1) is 0 Å². The maximum Gasteiger partial charge on any atom is 0.335 e. The molecule has 0 saturated carbocycles. The van der Waals surface area contributed by atoms with Crippen molar-refractivity contribution in [2.75, 3.05) is 13.6 Å². The van der Waals surface area contributed by atoms with Crippen molar-refractivity contribution in [3.8, 4) is 0 Å². The first-order valence-corrected chi connectivity index (χ1v) is 3.54. The molecule has 1 aliphatic rings. The van der Waals surface area contributed by atoms with Crippen molar-refractivity contribution in [2.24, 2.45) is 0 Å². The normalized spacial score (nSPS) is 16.1. The molecule has 0 radical (unpaired) electrons. The number of rotatable bonds is 0. The fourth-order valence-corrected chi connectivity index (χ4v) is 0.783. The first kappa shape index (κ1) is 9.29. The summed E-state index contributed by atoms with van der Waals surface area (Å²) in [5, 5.41) is 0. The molecular weight excluding hydrogens is 154 g/mol. The molecule has 0 aliphatic carbocycles. The molecule has 1 amide bonds. The number of likely N-dealkylation sites (tertiary alicyclic amines) is 1. The molecule has 0 unspecified atom stereocenters. The molecule has 5 heteroatoms. The predicted octanol–water partition coefficient (Wildman–Crippen LogP) is -0.432. The lowest BCUT2D eigenvalue weighted by Crippen LogP contribution is -2.17. The quantitative estimate of drug-likeness (QED) is 0.487. The van der Waals surface area contributed by atoms with Gasteiger partial charge in [0.25, 0.3) is 0 Å². The van der Waals surface area contributed by atoms with Crippen molar-refractivity contribution in [2.45, 2.75) is 12.8 Å². The smallest absolute Gasteiger partial charge is 0.335 e. The Hall–Kier alpha value is -0.710. The topological polar surface area (TPSA) is 54.5 Å². The van der Waals surface area contributed by atoms with E-state index in [9.17, 15) is 4.79 Å². The summed E-state index contributed by atoms with van der Waals surface area (Å²) < 4.78 is 16.6. The van der Waals surface area contributed by atoms with Crippen LogP contribution in [0.2, 0.25) is 0 Å². The number of carbonyl (C=O) groups is 1. The highest BCUT2D eigenvalue weighted by Gasteiger charge is 2.14. The average Bonchev–Trinajstić information content (AvgIpc) is 2.19. The Bertz CT molecular complexity index is 153. The zero-order chi connectivity index (χ0) is 7.98. The Morgan fingerprint density at radius 1 is 1.50 bits per heavy atom. The van der Waals surface area contributed by atoms with E-state index in [0.717, 1.165) is 19.4 Å². The van der Waals surface area contributed by atoms with E-state index in [1.807, 2.05) is 7.05 Å². The fraction of sp³-hybridized carbons (Fsp3) is 0.800. The standard InChI is InChI=1S/C5H9NO.O2S/c1-6-4-2-3-5(6)7;1-3-2/h2-4H2,1H3;. The molecule has 1 rings (SSSR count). The fourth-order valence-electron chi connectivity index (χ4n) is 0.783. The number of amides is 1. The maximum atomic E-state index is 10.5. The third-order valence-corrected chi connectivity index (χ3v) is 1.31. The Balaban J connectivity index is 0.000000236. The van der Waals surface area contributed by atoms with Gasteiger partial charge in [0.2, 0.25) is 5.91 Å². The van der Waals surface area contributed by atoms with E-state index in [2.05, 4.69) is 0 Å². The Labute approximate surface area is 62.8 Å². The second-order valence-corrected chi connectivity index (χ2v) is 2.12. The average molecular weight is 163 g/mol. The van der Waals surface area contributed by atoms with Crippen molar-refractivity contribution in [3.63, 3.8) is 0 Å². The summed E-state index contributed by atoms with van der Waals surface area (Å²) in [5.74, 6) is 0.292. The van der Waals surface area contributed by atoms with Gasteiger partial charge in [0, 0.05) is 20.0 Å². The Kier molecular flexibility index (Phi) is 4.74. The van der Waals surface area contributed by atoms with Gasteiger partial charge in [-0.2, -0.15) is 8.42 Å². The van der Waals surface area contributed by atoms with Crippen molar-refractivity contribution >= 4 is 17.5 Å². The molecule has 1 heterocycles. The van der Waals surface area contributed by atoms with Crippen molar-refractivity contribution in [1.82, 2.24) is 4.90 Å². The van der Waals surface area contributed by atoms with Gasteiger partial charge in [-0.25, -0.2) is 0 Å². The SMILES string of the molecule is CN1CCCC1=O.O=S=O. The largest absolute Gasteiger partial charge is 0.346 e. The molecule has 1 fully saturated rings. The van der Waals surface area contributed by atoms with Crippen LogP contribution in [0.3, 0.4) is 0 Å². The molecule has 0 aromatic carbocycles. The van der Waals surface area contributed by atoms with Crippen LogP contribution >= 0.6 is 0 Å². The molecule has 1 saturated heterocycles. The molecule has 1 aliphatic heterocycles. The summed E-state index contributed by atoms with van der Waals surface area (Å²) in [4.78, 5) is 12.3. The summed E-state index contributed by atoms with van der Waals surface area (Å²) >= 11 is -0.750. The molecule has 0 atom stereocenters. The lowest BCUT2D eigenvalue weighted by molar-refractivity contribution is -0.126. The van der Waals surface area contributed by atoms with Crippen LogP contribution < -0.4 is 0 Å². The monoisotopic (exact) mass is 163 g/mol. The van der Waals surface area contributed by atoms with Gasteiger partial charge < -0.3 is 4.90 Å². The molecule has 58 valence electrons. The highest BCUT2D eigenvalue weighted by Crippen LogP contribution is 2.04. The molecular formula is C5H9NO3S. The van der Waals surface area contributed by atoms with Crippen molar-refractivity contribution in [3.05, 3.63) is 0 Å². The van der Waals surface area contributed by atoms with E-state index in [4.69, 9.17) is 8.42 Å². The Morgan fingerprint density at radius 2 is 2.00 bits per heavy atom. The number of nitrogens with zero attached hydrogens (tertiary/aromatic N) is 1. The molecule has 0 bridgehead atoms. The van der Waals surface area contributed by atoms with Gasteiger partial charge in [-0.3, -0.25) is 4.79 Å². The van der Waals surface area contributed by atoms with Crippen LogP contribution in [0.1, 0.15) is 12.8 Å². The van der Waals surface area contributed by atoms with E-state index >= 15 is 0 Å². The minimum atomic E-state index is -0.750. The minimum Gasteiger partial charge on any atom is -0.346 e. The zero-order valence-corrected chi connectivity index (χ0v) is 6.52. The van der Waals surface area contributed by atoms with E-state index < -0.39 is 11.6 Å². The summed E-state index contributed by atoms with van der Waals surface area (Å²) in [5.41, 5.74) is 0. The van der Waals surface area contributed by atoms with Crippen LogP contribution in [0.5, 0.6) is 0 Å². The van der Waals surface area contributed by atoms with Gasteiger partial charge in [-0.05, 0) is 6.42 Å². The third kappa shape index (κ3) is 3.34. The molecule has 0 aromatic rings. The predicted molar refractivity (Wildman–Crippen MR) is 35.8 cm³/mol. The van der Waals surface area contributed by atoms with Gasteiger partial charge in [0.15, 0.2) is 0 Å². The second-order valence-electron chi connectivity index (χ2n) is 1.99. The van der Waals surface area contributed by atoms with E-state index in [0.29, 0.717) is 5.91 Å². The van der Waals surface area contributed by atoms with E-state index in [-0.39, 0.29) is 0 Å². The van der Waals surface area contributed by atoms with Gasteiger partial charge in [-0.15, -0.1) is 0 Å². The number of carbonyl (C=O) groups excluding carboxylic acids is 1. The van der Waals surface area contributed by atoms with Gasteiger partial charge >= 0.3 is 11.6 Å². The first-order chi connectivity index (χ1) is 4.72. The zero-order valence-electron chi connectivity index (χ0n) is 5.70. The van der Waals surface area contributed by atoms with Crippen molar-refractivity contribution in [1.29, 1.82) is 0 Å². The number of hydrogen-bond donors (Lipinski definition) is 0. The highest BCUT2D eigenvalue weighted by atomic mass is 32.1. The van der Waals surface area contributed by atoms with Gasteiger partial charge in [-0.1, -0.05) is 0 Å². The van der Waals surface area contributed by atoms with E-state index in [1.54, 1.807) is 4.90 Å². The molecule has 10 heavy (non-hydrogen) atoms. The van der Waals surface area contributed by atoms with Crippen LogP contribution in [-0.2, 0) is 16.4 Å². The lowest BCUT2D eigenvalue weighted by atomic mass is 10.4. The van der Waals surface area contributed by atoms with E-state index in [1.165, 1.54) is 0 Å². The number of hydrogen-bond acceptors (Lipinski definition) is 3. The molecule has 0 N–H and O–H groups in total. The maximum absolute atomic E-state index is 10.5. The lowest BCUT2D eigenvalue weighted by Gasteiger charge is -2.03. The van der Waals surface area contributed by atoms with Crippen LogP contribution in [0.15, 0.2) is 0 Å². The van der Waals surface area contributed by atoms with Crippen LogP contribution in [0, 0.1) is 0 Å². The van der Waals surface area contributed by atoms with Gasteiger partial charge in [0.1, 0.15) is 0 Å². The molecule has 4 nitrogen and oxygen atoms in total. The van der Waals surface area contributed by atoms with Crippen LogP contribution in [-0.4, -0.2) is 32.8 Å². The van der Waals surface area contributed by atoms with Crippen LogP contribution in [0.4, 0.5) is 0 Å².